The lowest BCUT2D eigenvalue weighted by atomic mass is 9.74. The summed E-state index contributed by atoms with van der Waals surface area (Å²) in [5, 5.41) is 9.75. The van der Waals surface area contributed by atoms with Crippen LogP contribution in [0.4, 0.5) is 0 Å². The number of sulfonamides is 1. The van der Waals surface area contributed by atoms with Gasteiger partial charge in [-0.1, -0.05) is 0 Å². The Morgan fingerprint density at radius 1 is 1.42 bits per heavy atom. The van der Waals surface area contributed by atoms with Crippen molar-refractivity contribution in [3.8, 4) is 0 Å². The Kier molecular flexibility index (Phi) is 4.21. The molecule has 2 aliphatic heterocycles. The second kappa shape index (κ2) is 5.82. The van der Waals surface area contributed by atoms with Crippen molar-refractivity contribution in [2.24, 2.45) is 5.41 Å². The monoisotopic (exact) mass is 357 g/mol. The average molecular weight is 357 g/mol. The Bertz CT molecular complexity index is 709. The van der Waals surface area contributed by atoms with Gasteiger partial charge in [-0.3, -0.25) is 4.79 Å². The molecule has 9 heteroatoms. The van der Waals surface area contributed by atoms with Crippen LogP contribution >= 0.6 is 0 Å². The zero-order valence-electron chi connectivity index (χ0n) is 13.9. The van der Waals surface area contributed by atoms with Gasteiger partial charge in [0.1, 0.15) is 0 Å². The second-order valence-electron chi connectivity index (χ2n) is 7.26. The van der Waals surface area contributed by atoms with Crippen molar-refractivity contribution in [2.75, 3.05) is 32.5 Å². The molecule has 1 aromatic rings. The Morgan fingerprint density at radius 3 is 2.54 bits per heavy atom. The molecule has 2 aliphatic rings. The van der Waals surface area contributed by atoms with Crippen LogP contribution in [0.2, 0.25) is 0 Å². The molecule has 0 bridgehead atoms. The van der Waals surface area contributed by atoms with E-state index in [1.165, 1.54) is 23.2 Å². The van der Waals surface area contributed by atoms with E-state index in [0.717, 1.165) is 0 Å². The number of carbonyl (C=O) groups excluding carboxylic acids is 1. The number of likely N-dealkylation sites (tertiary alicyclic amines) is 1. The number of rotatable bonds is 3. The van der Waals surface area contributed by atoms with E-state index in [0.29, 0.717) is 38.9 Å². The molecule has 0 aromatic carbocycles. The number of aliphatic hydroxyl groups excluding tert-OH is 1. The molecule has 1 spiro atoms. The zero-order valence-corrected chi connectivity index (χ0v) is 14.8. The number of oxazole rings is 1. The number of carbonyl (C=O) groups is 1. The molecule has 1 aromatic heterocycles. The number of piperidine rings is 1. The molecule has 0 unspecified atom stereocenters. The summed E-state index contributed by atoms with van der Waals surface area (Å²) in [7, 11) is -3.39. The molecule has 1 atom stereocenters. The molecule has 24 heavy (non-hydrogen) atoms. The Morgan fingerprint density at radius 2 is 2.08 bits per heavy atom. The fraction of sp³-hybridized carbons (Fsp3) is 0.733. The number of hydrogen-bond donors (Lipinski definition) is 1. The molecule has 2 saturated heterocycles. The molecule has 0 radical (unpaired) electrons. The number of amides is 1. The summed E-state index contributed by atoms with van der Waals surface area (Å²) in [5.41, 5.74) is -0.969. The molecule has 0 saturated carbocycles. The van der Waals surface area contributed by atoms with E-state index >= 15 is 0 Å². The minimum absolute atomic E-state index is 0.190. The lowest BCUT2D eigenvalue weighted by molar-refractivity contribution is 0.0558. The Labute approximate surface area is 141 Å². The van der Waals surface area contributed by atoms with E-state index in [1.807, 2.05) is 0 Å². The van der Waals surface area contributed by atoms with Crippen LogP contribution in [0.15, 0.2) is 17.0 Å². The topological polar surface area (TPSA) is 104 Å². The minimum atomic E-state index is -3.39. The van der Waals surface area contributed by atoms with E-state index in [2.05, 4.69) is 4.98 Å². The molecule has 8 nitrogen and oxygen atoms in total. The maximum Gasteiger partial charge on any atom is 0.291 e. The van der Waals surface area contributed by atoms with Crippen molar-refractivity contribution in [2.45, 2.75) is 31.7 Å². The molecule has 0 aliphatic carbocycles. The standard InChI is InChI=1S/C15H23N3O5S/c1-14(10-19)8-15(9-18(14)24(2,21)22)3-5-17(6-4-15)13(20)12-7-16-11-23-12/h7,11,19H,3-6,8-10H2,1-2H3/t14-/m0/s1. The van der Waals surface area contributed by atoms with Crippen molar-refractivity contribution in [1.29, 1.82) is 0 Å². The fourth-order valence-corrected chi connectivity index (χ4v) is 5.53. The van der Waals surface area contributed by atoms with Gasteiger partial charge < -0.3 is 14.4 Å². The van der Waals surface area contributed by atoms with Crippen LogP contribution in [0.25, 0.3) is 0 Å². The maximum absolute atomic E-state index is 12.3. The maximum atomic E-state index is 12.3. The molecular formula is C15H23N3O5S. The first-order valence-corrected chi connectivity index (χ1v) is 9.80. The molecule has 3 rings (SSSR count). The number of nitrogens with zero attached hydrogens (tertiary/aromatic N) is 3. The predicted molar refractivity (Wildman–Crippen MR) is 85.7 cm³/mol. The van der Waals surface area contributed by atoms with Crippen molar-refractivity contribution in [3.63, 3.8) is 0 Å². The van der Waals surface area contributed by atoms with Crippen molar-refractivity contribution in [3.05, 3.63) is 18.4 Å². The van der Waals surface area contributed by atoms with Gasteiger partial charge in [-0.2, -0.15) is 4.31 Å². The molecular weight excluding hydrogens is 334 g/mol. The van der Waals surface area contributed by atoms with Crippen LogP contribution in [0.1, 0.15) is 36.7 Å². The van der Waals surface area contributed by atoms with Gasteiger partial charge in [-0.25, -0.2) is 13.4 Å². The summed E-state index contributed by atoms with van der Waals surface area (Å²) in [4.78, 5) is 17.8. The van der Waals surface area contributed by atoms with E-state index in [4.69, 9.17) is 4.42 Å². The molecule has 134 valence electrons. The number of hydrogen-bond acceptors (Lipinski definition) is 6. The van der Waals surface area contributed by atoms with Gasteiger partial charge in [0.15, 0.2) is 6.39 Å². The Hall–Kier alpha value is -1.45. The average Bonchev–Trinajstić information content (AvgIpc) is 3.14. The van der Waals surface area contributed by atoms with Crippen molar-refractivity contribution in [1.82, 2.24) is 14.2 Å². The highest BCUT2D eigenvalue weighted by molar-refractivity contribution is 7.88. The van der Waals surface area contributed by atoms with Crippen molar-refractivity contribution < 1.29 is 22.7 Å². The Balaban J connectivity index is 1.73. The highest BCUT2D eigenvalue weighted by Gasteiger charge is 2.54. The van der Waals surface area contributed by atoms with Gasteiger partial charge >= 0.3 is 0 Å². The summed E-state index contributed by atoms with van der Waals surface area (Å²) in [6.07, 6.45) is 5.82. The highest BCUT2D eigenvalue weighted by atomic mass is 32.2. The third kappa shape index (κ3) is 2.96. The first-order valence-electron chi connectivity index (χ1n) is 7.96. The normalized spacial score (nSPS) is 27.7. The van der Waals surface area contributed by atoms with Gasteiger partial charge in [0.2, 0.25) is 15.8 Å². The summed E-state index contributed by atoms with van der Waals surface area (Å²) in [6.45, 7) is 3.06. The lowest BCUT2D eigenvalue weighted by Gasteiger charge is -2.39. The molecule has 3 heterocycles. The van der Waals surface area contributed by atoms with Crippen LogP contribution < -0.4 is 0 Å². The smallest absolute Gasteiger partial charge is 0.291 e. The van der Waals surface area contributed by atoms with Crippen LogP contribution in [-0.4, -0.2) is 71.7 Å². The van der Waals surface area contributed by atoms with Crippen LogP contribution in [0, 0.1) is 5.41 Å². The van der Waals surface area contributed by atoms with Crippen LogP contribution in [0.3, 0.4) is 0 Å². The minimum Gasteiger partial charge on any atom is -0.438 e. The summed E-state index contributed by atoms with van der Waals surface area (Å²) in [6, 6.07) is 0. The predicted octanol–water partition coefficient (Wildman–Crippen LogP) is 0.313. The largest absolute Gasteiger partial charge is 0.438 e. The quantitative estimate of drug-likeness (QED) is 0.835. The van der Waals surface area contributed by atoms with E-state index in [-0.39, 0.29) is 23.7 Å². The van der Waals surface area contributed by atoms with Gasteiger partial charge in [0, 0.05) is 19.6 Å². The lowest BCUT2D eigenvalue weighted by Crippen LogP contribution is -2.47. The first-order chi connectivity index (χ1) is 11.2. The van der Waals surface area contributed by atoms with Gasteiger partial charge in [-0.05, 0) is 31.6 Å². The third-order valence-corrected chi connectivity index (χ3v) is 6.70. The summed E-state index contributed by atoms with van der Waals surface area (Å²) >= 11 is 0. The van der Waals surface area contributed by atoms with Gasteiger partial charge in [-0.15, -0.1) is 0 Å². The van der Waals surface area contributed by atoms with E-state index in [9.17, 15) is 18.3 Å². The summed E-state index contributed by atoms with van der Waals surface area (Å²) in [5.74, 6) is 0.0283. The van der Waals surface area contributed by atoms with E-state index in [1.54, 1.807) is 11.8 Å². The number of aliphatic hydroxyl groups is 1. The SMILES string of the molecule is C[C@@]1(CO)CC2(CCN(C(=O)c3cnco3)CC2)CN1S(C)(=O)=O. The fourth-order valence-electron chi connectivity index (χ4n) is 4.10. The van der Waals surface area contributed by atoms with Crippen LogP contribution in [0.5, 0.6) is 0 Å². The number of aromatic nitrogens is 1. The van der Waals surface area contributed by atoms with E-state index < -0.39 is 15.6 Å². The first kappa shape index (κ1) is 17.4. The third-order valence-electron chi connectivity index (χ3n) is 5.33. The zero-order chi connectivity index (χ0) is 17.6. The summed E-state index contributed by atoms with van der Waals surface area (Å²) < 4.78 is 30.7. The van der Waals surface area contributed by atoms with Crippen LogP contribution in [-0.2, 0) is 10.0 Å². The molecule has 2 fully saturated rings. The molecule has 1 N–H and O–H groups in total. The molecule has 1 amide bonds. The van der Waals surface area contributed by atoms with Crippen molar-refractivity contribution >= 4 is 15.9 Å². The van der Waals surface area contributed by atoms with Gasteiger partial charge in [0.25, 0.3) is 5.91 Å². The highest BCUT2D eigenvalue weighted by Crippen LogP contribution is 2.48. The van der Waals surface area contributed by atoms with Gasteiger partial charge in [0.05, 0.1) is 24.6 Å². The second-order valence-corrected chi connectivity index (χ2v) is 9.17.